The number of unbranched alkanes of at least 4 members (excludes halogenated alkanes) is 1. The average Bonchev–Trinajstić information content (AvgIpc) is 3.36. The second-order valence-corrected chi connectivity index (χ2v) is 7.51. The number of likely N-dealkylation sites (tertiary alicyclic amines) is 1. The summed E-state index contributed by atoms with van der Waals surface area (Å²) in [6.45, 7) is 8.32. The fourth-order valence-corrected chi connectivity index (χ4v) is 3.31. The van der Waals surface area contributed by atoms with Gasteiger partial charge in [-0.1, -0.05) is 13.3 Å². The van der Waals surface area contributed by atoms with Gasteiger partial charge >= 0.3 is 6.03 Å². The van der Waals surface area contributed by atoms with Crippen LogP contribution in [0.2, 0.25) is 0 Å². The van der Waals surface area contributed by atoms with Crippen molar-refractivity contribution in [3.63, 3.8) is 0 Å². The third-order valence-corrected chi connectivity index (χ3v) is 5.19. The summed E-state index contributed by atoms with van der Waals surface area (Å²) in [5, 5.41) is 5.27. The van der Waals surface area contributed by atoms with Crippen LogP contribution >= 0.6 is 0 Å². The molecule has 2 N–H and O–H groups in total. The van der Waals surface area contributed by atoms with E-state index in [9.17, 15) is 9.59 Å². The highest BCUT2D eigenvalue weighted by Gasteiger charge is 2.29. The number of rotatable bonds is 8. The van der Waals surface area contributed by atoms with Crippen LogP contribution in [0.1, 0.15) is 52.4 Å². The summed E-state index contributed by atoms with van der Waals surface area (Å²) in [5.74, 6) is 0.531. The smallest absolute Gasteiger partial charge is 0.321 e. The van der Waals surface area contributed by atoms with Crippen molar-refractivity contribution < 1.29 is 9.59 Å². The van der Waals surface area contributed by atoms with E-state index in [1.165, 1.54) is 19.4 Å². The van der Waals surface area contributed by atoms with Crippen molar-refractivity contribution in [2.75, 3.05) is 33.2 Å². The lowest BCUT2D eigenvalue weighted by atomic mass is 9.95. The summed E-state index contributed by atoms with van der Waals surface area (Å²) in [4.78, 5) is 28.5. The molecule has 0 spiro atoms. The normalized spacial score (nSPS) is 20.8. The number of hydrogen-bond donors (Lipinski definition) is 2. The van der Waals surface area contributed by atoms with Gasteiger partial charge in [0.15, 0.2) is 0 Å². The van der Waals surface area contributed by atoms with Crippen molar-refractivity contribution >= 4 is 11.9 Å². The van der Waals surface area contributed by atoms with Gasteiger partial charge < -0.3 is 10.2 Å². The second-order valence-electron chi connectivity index (χ2n) is 7.51. The van der Waals surface area contributed by atoms with Gasteiger partial charge in [0.25, 0.3) is 0 Å². The summed E-state index contributed by atoms with van der Waals surface area (Å²) in [6.07, 6.45) is 6.80. The summed E-state index contributed by atoms with van der Waals surface area (Å²) in [7, 11) is 2.20. The molecule has 3 amide bonds. The maximum atomic E-state index is 12.2. The van der Waals surface area contributed by atoms with E-state index in [-0.39, 0.29) is 24.0 Å². The van der Waals surface area contributed by atoms with Gasteiger partial charge in [0, 0.05) is 12.6 Å². The molecule has 0 bridgehead atoms. The number of nitrogens with one attached hydrogen (secondary N) is 2. The highest BCUT2D eigenvalue weighted by molar-refractivity contribution is 5.96. The number of imide groups is 1. The molecule has 1 saturated heterocycles. The van der Waals surface area contributed by atoms with Gasteiger partial charge in [-0.25, -0.2) is 4.79 Å². The highest BCUT2D eigenvalue weighted by Crippen LogP contribution is 2.20. The second kappa shape index (κ2) is 9.37. The predicted octanol–water partition coefficient (Wildman–Crippen LogP) is 1.81. The van der Waals surface area contributed by atoms with Gasteiger partial charge in [-0.2, -0.15) is 0 Å². The Bertz CT molecular complexity index is 417. The zero-order valence-electron chi connectivity index (χ0n) is 15.5. The van der Waals surface area contributed by atoms with Gasteiger partial charge in [-0.05, 0) is 71.6 Å². The molecule has 138 valence electrons. The van der Waals surface area contributed by atoms with Gasteiger partial charge in [-0.3, -0.25) is 15.0 Å². The quantitative estimate of drug-likeness (QED) is 0.708. The number of amides is 3. The number of hydrogen-bond acceptors (Lipinski definition) is 4. The van der Waals surface area contributed by atoms with Crippen LogP contribution in [-0.4, -0.2) is 67.0 Å². The van der Waals surface area contributed by atoms with Crippen molar-refractivity contribution in [1.82, 2.24) is 20.4 Å². The molecule has 0 aromatic heterocycles. The van der Waals surface area contributed by atoms with Crippen LogP contribution in [-0.2, 0) is 4.79 Å². The van der Waals surface area contributed by atoms with Gasteiger partial charge in [0.05, 0.1) is 6.04 Å². The topological polar surface area (TPSA) is 64.7 Å². The fourth-order valence-electron chi connectivity index (χ4n) is 3.31. The molecule has 2 aliphatic rings. The first kappa shape index (κ1) is 19.2. The van der Waals surface area contributed by atoms with E-state index in [0.29, 0.717) is 0 Å². The number of carbonyl (C=O) groups excluding carboxylic acids is 2. The van der Waals surface area contributed by atoms with Crippen LogP contribution in [0.3, 0.4) is 0 Å². The molecule has 6 nitrogen and oxygen atoms in total. The highest BCUT2D eigenvalue weighted by atomic mass is 16.2. The number of piperidine rings is 1. The number of nitrogens with zero attached hydrogens (tertiary/aromatic N) is 2. The maximum absolute atomic E-state index is 12.2. The largest absolute Gasteiger partial charge is 0.335 e. The van der Waals surface area contributed by atoms with Crippen molar-refractivity contribution in [2.45, 2.75) is 64.5 Å². The SMILES string of the molecule is CCCCN(C)CC1CCN(C(C)C(=O)NC(=O)NC2CC2)CC1. The van der Waals surface area contributed by atoms with Crippen molar-refractivity contribution in [1.29, 1.82) is 0 Å². The Morgan fingerprint density at radius 2 is 1.88 bits per heavy atom. The molecule has 0 aromatic rings. The van der Waals surface area contributed by atoms with Crippen molar-refractivity contribution in [3.05, 3.63) is 0 Å². The molecule has 24 heavy (non-hydrogen) atoms. The third kappa shape index (κ3) is 6.40. The standard InChI is InChI=1S/C18H34N4O2/c1-4-5-10-21(3)13-15-8-11-22(12-9-15)14(2)17(23)20-18(24)19-16-6-7-16/h14-16H,4-13H2,1-3H3,(H2,19,20,23,24). The lowest BCUT2D eigenvalue weighted by molar-refractivity contribution is -0.125. The monoisotopic (exact) mass is 338 g/mol. The third-order valence-electron chi connectivity index (χ3n) is 5.19. The molecule has 1 aliphatic heterocycles. The van der Waals surface area contributed by atoms with E-state index in [1.54, 1.807) is 0 Å². The zero-order valence-corrected chi connectivity index (χ0v) is 15.5. The van der Waals surface area contributed by atoms with Crippen molar-refractivity contribution in [3.8, 4) is 0 Å². The molecule has 6 heteroatoms. The molecule has 1 aliphatic carbocycles. The molecule has 1 saturated carbocycles. The van der Waals surface area contributed by atoms with Gasteiger partial charge in [0.2, 0.25) is 5.91 Å². The first-order valence-electron chi connectivity index (χ1n) is 9.53. The first-order chi connectivity index (χ1) is 11.5. The van der Waals surface area contributed by atoms with E-state index < -0.39 is 0 Å². The molecule has 0 radical (unpaired) electrons. The minimum atomic E-state index is -0.346. The number of urea groups is 1. The summed E-state index contributed by atoms with van der Waals surface area (Å²) < 4.78 is 0. The van der Waals surface area contributed by atoms with Crippen LogP contribution in [0.4, 0.5) is 4.79 Å². The zero-order chi connectivity index (χ0) is 17.5. The Balaban J connectivity index is 1.66. The molecular weight excluding hydrogens is 304 g/mol. The first-order valence-corrected chi connectivity index (χ1v) is 9.53. The molecule has 0 aromatic carbocycles. The van der Waals surface area contributed by atoms with Crippen LogP contribution in [0, 0.1) is 5.92 Å². The minimum absolute atomic E-state index is 0.188. The molecular formula is C18H34N4O2. The Morgan fingerprint density at radius 1 is 1.21 bits per heavy atom. The molecule has 2 rings (SSSR count). The predicted molar refractivity (Wildman–Crippen MR) is 95.9 cm³/mol. The van der Waals surface area contributed by atoms with E-state index >= 15 is 0 Å². The Morgan fingerprint density at radius 3 is 2.46 bits per heavy atom. The summed E-state index contributed by atoms with van der Waals surface area (Å²) in [6, 6.07) is -0.316. The van der Waals surface area contributed by atoms with Crippen LogP contribution < -0.4 is 10.6 Å². The molecule has 2 fully saturated rings. The maximum Gasteiger partial charge on any atom is 0.321 e. The van der Waals surface area contributed by atoms with Crippen LogP contribution in [0.25, 0.3) is 0 Å². The average molecular weight is 338 g/mol. The fraction of sp³-hybridized carbons (Fsp3) is 0.889. The van der Waals surface area contributed by atoms with Gasteiger partial charge in [-0.15, -0.1) is 0 Å². The minimum Gasteiger partial charge on any atom is -0.335 e. The summed E-state index contributed by atoms with van der Waals surface area (Å²) >= 11 is 0. The van der Waals surface area contributed by atoms with E-state index in [0.717, 1.165) is 51.2 Å². The molecule has 1 atom stereocenters. The Hall–Kier alpha value is -1.14. The van der Waals surface area contributed by atoms with Crippen LogP contribution in [0.5, 0.6) is 0 Å². The molecule has 1 unspecified atom stereocenters. The van der Waals surface area contributed by atoms with Gasteiger partial charge in [0.1, 0.15) is 0 Å². The Kier molecular flexibility index (Phi) is 7.49. The van der Waals surface area contributed by atoms with E-state index in [2.05, 4.69) is 34.4 Å². The van der Waals surface area contributed by atoms with Crippen molar-refractivity contribution in [2.24, 2.45) is 5.92 Å². The number of carbonyl (C=O) groups is 2. The van der Waals surface area contributed by atoms with E-state index in [1.807, 2.05) is 6.92 Å². The lowest BCUT2D eigenvalue weighted by Crippen LogP contribution is -2.52. The lowest BCUT2D eigenvalue weighted by Gasteiger charge is -2.36. The summed E-state index contributed by atoms with van der Waals surface area (Å²) in [5.41, 5.74) is 0. The van der Waals surface area contributed by atoms with Crippen LogP contribution in [0.15, 0.2) is 0 Å². The Labute approximate surface area is 146 Å². The molecule has 1 heterocycles. The van der Waals surface area contributed by atoms with E-state index in [4.69, 9.17) is 0 Å².